The van der Waals surface area contributed by atoms with Crippen LogP contribution in [0.3, 0.4) is 0 Å². The molecule has 0 aliphatic carbocycles. The summed E-state index contributed by atoms with van der Waals surface area (Å²) in [5.41, 5.74) is 3.55. The van der Waals surface area contributed by atoms with Gasteiger partial charge in [0.25, 0.3) is 5.91 Å². The van der Waals surface area contributed by atoms with Crippen molar-refractivity contribution < 1.29 is 4.79 Å². The molecular weight excluding hydrogens is 274 g/mol. The Bertz CT molecular complexity index is 585. The van der Waals surface area contributed by atoms with E-state index in [0.29, 0.717) is 16.5 Å². The molecule has 2 aromatic rings. The summed E-state index contributed by atoms with van der Waals surface area (Å²) < 4.78 is 0. The number of pyridine rings is 1. The molecule has 0 aliphatic heterocycles. The highest BCUT2D eigenvalue weighted by Crippen LogP contribution is 2.18. The van der Waals surface area contributed by atoms with E-state index in [1.54, 1.807) is 0 Å². The van der Waals surface area contributed by atoms with Crippen molar-refractivity contribution in [1.82, 2.24) is 9.97 Å². The van der Waals surface area contributed by atoms with Gasteiger partial charge in [0.1, 0.15) is 11.0 Å². The topological polar surface area (TPSA) is 92.9 Å². The fourth-order valence-electron chi connectivity index (χ4n) is 1.28. The van der Waals surface area contributed by atoms with Crippen LogP contribution in [-0.4, -0.2) is 15.9 Å². The molecule has 0 saturated heterocycles. The molecule has 0 spiro atoms. The number of rotatable bonds is 3. The monoisotopic (exact) mass is 283 g/mol. The van der Waals surface area contributed by atoms with Crippen LogP contribution in [-0.2, 0) is 0 Å². The zero-order chi connectivity index (χ0) is 13.1. The van der Waals surface area contributed by atoms with Crippen molar-refractivity contribution in [3.05, 3.63) is 33.9 Å². The average Bonchev–Trinajstić information content (AvgIpc) is 2.73. The first-order valence-electron chi connectivity index (χ1n) is 4.96. The number of aryl methyl sites for hydroxylation is 1. The smallest absolute Gasteiger partial charge is 0.257 e. The van der Waals surface area contributed by atoms with Gasteiger partial charge in [0.15, 0.2) is 5.13 Å². The van der Waals surface area contributed by atoms with Crippen molar-refractivity contribution in [1.29, 1.82) is 0 Å². The standard InChI is InChI=1S/C10H10ClN5OS/c1-5-4-18-10(13-5)15-9(17)6-2-7(11)14-8(3-6)16-12/h2-4H,12H2,1H3,(H,14,16)(H,13,15,17). The van der Waals surface area contributed by atoms with Gasteiger partial charge in [-0.2, -0.15) is 0 Å². The number of hydrogen-bond acceptors (Lipinski definition) is 6. The SMILES string of the molecule is Cc1csc(NC(=O)c2cc(Cl)nc(NN)c2)n1. The average molecular weight is 284 g/mol. The second-order valence-corrected chi connectivity index (χ2v) is 4.70. The number of halogens is 1. The zero-order valence-electron chi connectivity index (χ0n) is 9.40. The molecule has 2 rings (SSSR count). The molecule has 0 unspecified atom stereocenters. The lowest BCUT2D eigenvalue weighted by molar-refractivity contribution is 0.102. The predicted octanol–water partition coefficient (Wildman–Crippen LogP) is 2.04. The van der Waals surface area contributed by atoms with E-state index in [0.717, 1.165) is 5.69 Å². The minimum Gasteiger partial charge on any atom is -0.308 e. The number of hydrazine groups is 1. The van der Waals surface area contributed by atoms with Crippen molar-refractivity contribution >= 4 is 39.8 Å². The van der Waals surface area contributed by atoms with E-state index in [4.69, 9.17) is 17.4 Å². The minimum atomic E-state index is -0.315. The first-order valence-corrected chi connectivity index (χ1v) is 6.22. The number of anilines is 2. The molecule has 0 fully saturated rings. The maximum Gasteiger partial charge on any atom is 0.257 e. The van der Waals surface area contributed by atoms with Gasteiger partial charge in [-0.1, -0.05) is 11.6 Å². The van der Waals surface area contributed by atoms with Crippen LogP contribution in [0.2, 0.25) is 5.15 Å². The summed E-state index contributed by atoms with van der Waals surface area (Å²) in [6.45, 7) is 1.85. The Balaban J connectivity index is 2.20. The number of aromatic nitrogens is 2. The second-order valence-electron chi connectivity index (χ2n) is 3.46. The molecule has 0 saturated carbocycles. The van der Waals surface area contributed by atoms with Crippen molar-refractivity contribution in [3.63, 3.8) is 0 Å². The van der Waals surface area contributed by atoms with Crippen LogP contribution in [0.15, 0.2) is 17.5 Å². The van der Waals surface area contributed by atoms with Crippen LogP contribution in [0.5, 0.6) is 0 Å². The maximum atomic E-state index is 11.9. The molecule has 8 heteroatoms. The van der Waals surface area contributed by atoms with E-state index in [-0.39, 0.29) is 11.1 Å². The van der Waals surface area contributed by atoms with Crippen LogP contribution in [0.4, 0.5) is 10.9 Å². The minimum absolute atomic E-state index is 0.186. The molecule has 2 aromatic heterocycles. The number of carbonyl (C=O) groups excluding carboxylic acids is 1. The van der Waals surface area contributed by atoms with Gasteiger partial charge in [-0.25, -0.2) is 15.8 Å². The van der Waals surface area contributed by atoms with E-state index >= 15 is 0 Å². The summed E-state index contributed by atoms with van der Waals surface area (Å²) in [6, 6.07) is 2.96. The lowest BCUT2D eigenvalue weighted by Crippen LogP contribution is -2.14. The van der Waals surface area contributed by atoms with Gasteiger partial charge in [0.05, 0.1) is 5.69 Å². The predicted molar refractivity (Wildman–Crippen MR) is 71.9 cm³/mol. The summed E-state index contributed by atoms with van der Waals surface area (Å²) in [6.07, 6.45) is 0. The summed E-state index contributed by atoms with van der Waals surface area (Å²) in [5, 5.41) is 5.24. The molecule has 0 aliphatic rings. The third-order valence-electron chi connectivity index (χ3n) is 2.04. The van der Waals surface area contributed by atoms with E-state index in [2.05, 4.69) is 20.7 Å². The van der Waals surface area contributed by atoms with Crippen LogP contribution in [0.1, 0.15) is 16.1 Å². The van der Waals surface area contributed by atoms with E-state index < -0.39 is 0 Å². The summed E-state index contributed by atoms with van der Waals surface area (Å²) in [4.78, 5) is 20.0. The Morgan fingerprint density at radius 2 is 2.22 bits per heavy atom. The summed E-state index contributed by atoms with van der Waals surface area (Å²) in [5.74, 6) is 5.24. The Hall–Kier alpha value is -1.70. The lowest BCUT2D eigenvalue weighted by Gasteiger charge is -2.05. The van der Waals surface area contributed by atoms with Crippen LogP contribution in [0, 0.1) is 6.92 Å². The molecular formula is C10H10ClN5OS. The highest BCUT2D eigenvalue weighted by Gasteiger charge is 2.11. The van der Waals surface area contributed by atoms with Crippen molar-refractivity contribution in [2.24, 2.45) is 5.84 Å². The molecule has 94 valence electrons. The van der Waals surface area contributed by atoms with Gasteiger partial charge in [-0.3, -0.25) is 10.1 Å². The highest BCUT2D eigenvalue weighted by atomic mass is 35.5. The van der Waals surface area contributed by atoms with Gasteiger partial charge >= 0.3 is 0 Å². The summed E-state index contributed by atoms with van der Waals surface area (Å²) >= 11 is 7.13. The molecule has 18 heavy (non-hydrogen) atoms. The molecule has 0 radical (unpaired) electrons. The quantitative estimate of drug-likeness (QED) is 0.455. The molecule has 1 amide bonds. The highest BCUT2D eigenvalue weighted by molar-refractivity contribution is 7.13. The molecule has 0 atom stereocenters. The van der Waals surface area contributed by atoms with Gasteiger partial charge in [0.2, 0.25) is 0 Å². The van der Waals surface area contributed by atoms with Gasteiger partial charge < -0.3 is 5.43 Å². The summed E-state index contributed by atoms with van der Waals surface area (Å²) in [7, 11) is 0. The number of carbonyl (C=O) groups is 1. The number of nitrogens with zero attached hydrogens (tertiary/aromatic N) is 2. The fraction of sp³-hybridized carbons (Fsp3) is 0.100. The van der Waals surface area contributed by atoms with Crippen LogP contribution >= 0.6 is 22.9 Å². The molecule has 0 bridgehead atoms. The van der Waals surface area contributed by atoms with Crippen molar-refractivity contribution in [2.45, 2.75) is 6.92 Å². The number of nitrogen functional groups attached to an aromatic ring is 1. The number of thiazole rings is 1. The number of nitrogens with two attached hydrogens (primary N) is 1. The van der Waals surface area contributed by atoms with Gasteiger partial charge in [-0.05, 0) is 19.1 Å². The Morgan fingerprint density at radius 1 is 1.44 bits per heavy atom. The zero-order valence-corrected chi connectivity index (χ0v) is 11.0. The third-order valence-corrected chi connectivity index (χ3v) is 3.11. The van der Waals surface area contributed by atoms with Crippen molar-refractivity contribution in [3.8, 4) is 0 Å². The molecule has 6 nitrogen and oxygen atoms in total. The molecule has 2 heterocycles. The number of hydrogen-bond donors (Lipinski definition) is 3. The molecule has 0 aromatic carbocycles. The lowest BCUT2D eigenvalue weighted by atomic mass is 10.2. The number of nitrogens with one attached hydrogen (secondary N) is 2. The maximum absolute atomic E-state index is 11.9. The van der Waals surface area contributed by atoms with E-state index in [1.165, 1.54) is 23.5 Å². The second kappa shape index (κ2) is 5.30. The Kier molecular flexibility index (Phi) is 3.75. The number of amides is 1. The van der Waals surface area contributed by atoms with Crippen molar-refractivity contribution in [2.75, 3.05) is 10.7 Å². The third kappa shape index (κ3) is 2.95. The van der Waals surface area contributed by atoms with Gasteiger partial charge in [0, 0.05) is 10.9 Å². The van der Waals surface area contributed by atoms with Gasteiger partial charge in [-0.15, -0.1) is 11.3 Å². The Morgan fingerprint density at radius 3 is 2.83 bits per heavy atom. The normalized spacial score (nSPS) is 10.2. The first kappa shape index (κ1) is 12.7. The van der Waals surface area contributed by atoms with Crippen LogP contribution in [0.25, 0.3) is 0 Å². The van der Waals surface area contributed by atoms with E-state index in [9.17, 15) is 4.79 Å². The molecule has 4 N–H and O–H groups in total. The largest absolute Gasteiger partial charge is 0.308 e. The Labute approximate surface area is 112 Å². The van der Waals surface area contributed by atoms with Crippen LogP contribution < -0.4 is 16.6 Å². The fourth-order valence-corrected chi connectivity index (χ4v) is 2.17. The first-order chi connectivity index (χ1) is 8.58. The van der Waals surface area contributed by atoms with E-state index in [1.807, 2.05) is 12.3 Å².